The minimum absolute atomic E-state index is 0.103. The molecule has 0 atom stereocenters. The summed E-state index contributed by atoms with van der Waals surface area (Å²) in [4.78, 5) is 12.4. The van der Waals surface area contributed by atoms with Crippen molar-refractivity contribution in [3.05, 3.63) is 36.4 Å². The molecular weight excluding hydrogens is 412 g/mol. The molecule has 3 rings (SSSR count). The number of hydrogen-bond acceptors (Lipinski definition) is 7. The number of carbonyl (C=O) groups is 1. The van der Waals surface area contributed by atoms with Gasteiger partial charge in [0.05, 0.1) is 31.9 Å². The molecule has 0 aliphatic carbocycles. The predicted molar refractivity (Wildman–Crippen MR) is 112 cm³/mol. The van der Waals surface area contributed by atoms with Crippen molar-refractivity contribution in [1.29, 1.82) is 0 Å². The Morgan fingerprint density at radius 3 is 2.57 bits per heavy atom. The molecule has 1 N–H and O–H groups in total. The average molecular weight is 436 g/mol. The highest BCUT2D eigenvalue weighted by atomic mass is 32.2. The number of amides is 1. The van der Waals surface area contributed by atoms with Gasteiger partial charge in [0.25, 0.3) is 0 Å². The summed E-state index contributed by atoms with van der Waals surface area (Å²) in [5.41, 5.74) is 0.939. The second-order valence-electron chi connectivity index (χ2n) is 6.59. The third-order valence-corrected chi connectivity index (χ3v) is 5.68. The fraction of sp³-hybridized carbons (Fsp3) is 0.350. The van der Waals surface area contributed by atoms with E-state index >= 15 is 0 Å². The molecule has 1 aliphatic heterocycles. The van der Waals surface area contributed by atoms with Gasteiger partial charge in [-0.3, -0.25) is 9.10 Å². The van der Waals surface area contributed by atoms with Crippen molar-refractivity contribution in [3.8, 4) is 23.0 Å². The van der Waals surface area contributed by atoms with E-state index in [1.807, 2.05) is 0 Å². The number of anilines is 2. The summed E-state index contributed by atoms with van der Waals surface area (Å²) in [7, 11) is -0.505. The number of nitrogens with zero attached hydrogens (tertiary/aromatic N) is 1. The van der Waals surface area contributed by atoms with E-state index in [1.165, 1.54) is 18.5 Å². The maximum Gasteiger partial charge on any atom is 0.232 e. The Bertz CT molecular complexity index is 1020. The molecular formula is C20H24N2O7S. The lowest BCUT2D eigenvalue weighted by atomic mass is 10.2. The first-order valence-corrected chi connectivity index (χ1v) is 11.1. The van der Waals surface area contributed by atoms with E-state index in [2.05, 4.69) is 5.32 Å². The Labute approximate surface area is 175 Å². The first kappa shape index (κ1) is 21.6. The summed E-state index contributed by atoms with van der Waals surface area (Å²) < 4.78 is 46.8. The van der Waals surface area contributed by atoms with Gasteiger partial charge in [0.2, 0.25) is 22.7 Å². The monoisotopic (exact) mass is 436 g/mol. The van der Waals surface area contributed by atoms with Gasteiger partial charge in [0.15, 0.2) is 11.5 Å². The first-order valence-electron chi connectivity index (χ1n) is 9.21. The highest BCUT2D eigenvalue weighted by Gasteiger charge is 2.21. The third-order valence-electron chi connectivity index (χ3n) is 4.49. The topological polar surface area (TPSA) is 103 Å². The van der Waals surface area contributed by atoms with Gasteiger partial charge >= 0.3 is 0 Å². The van der Waals surface area contributed by atoms with Gasteiger partial charge in [0, 0.05) is 25.1 Å². The lowest BCUT2D eigenvalue weighted by Crippen LogP contribution is -2.31. The van der Waals surface area contributed by atoms with Crippen LogP contribution in [0, 0.1) is 0 Å². The number of hydrogen-bond donors (Lipinski definition) is 1. The minimum Gasteiger partial charge on any atom is -0.497 e. The highest BCUT2D eigenvalue weighted by molar-refractivity contribution is 7.92. The normalized spacial score (nSPS) is 12.4. The predicted octanol–water partition coefficient (Wildman–Crippen LogP) is 2.62. The largest absolute Gasteiger partial charge is 0.497 e. The molecule has 30 heavy (non-hydrogen) atoms. The molecule has 1 aliphatic rings. The molecule has 10 heteroatoms. The summed E-state index contributed by atoms with van der Waals surface area (Å²) in [6, 6.07) is 10.0. The van der Waals surface area contributed by atoms with Crippen LogP contribution in [0.2, 0.25) is 0 Å². The molecule has 2 aromatic rings. The van der Waals surface area contributed by atoms with Crippen LogP contribution in [0.5, 0.6) is 23.0 Å². The van der Waals surface area contributed by atoms with Gasteiger partial charge in [-0.05, 0) is 30.7 Å². The molecule has 0 bridgehead atoms. The number of benzene rings is 2. The first-order chi connectivity index (χ1) is 14.3. The van der Waals surface area contributed by atoms with Crippen LogP contribution >= 0.6 is 0 Å². The minimum atomic E-state index is -3.54. The van der Waals surface area contributed by atoms with Gasteiger partial charge in [-0.25, -0.2) is 8.42 Å². The van der Waals surface area contributed by atoms with Crippen molar-refractivity contribution in [2.45, 2.75) is 12.8 Å². The lowest BCUT2D eigenvalue weighted by molar-refractivity contribution is -0.116. The molecule has 0 saturated heterocycles. The van der Waals surface area contributed by atoms with Crippen molar-refractivity contribution in [2.75, 3.05) is 43.4 Å². The molecule has 2 aromatic carbocycles. The summed E-state index contributed by atoms with van der Waals surface area (Å²) in [5, 5.41) is 2.77. The van der Waals surface area contributed by atoms with E-state index < -0.39 is 10.0 Å². The highest BCUT2D eigenvalue weighted by Crippen LogP contribution is 2.36. The third kappa shape index (κ3) is 5.07. The maximum atomic E-state index is 12.4. The van der Waals surface area contributed by atoms with Crippen LogP contribution in [0.15, 0.2) is 36.4 Å². The van der Waals surface area contributed by atoms with Crippen LogP contribution in [-0.2, 0) is 14.8 Å². The molecule has 0 saturated carbocycles. The fourth-order valence-corrected chi connectivity index (χ4v) is 3.99. The Kier molecular flexibility index (Phi) is 6.56. The number of fused-ring (bicyclic) bond motifs is 1. The van der Waals surface area contributed by atoms with Crippen molar-refractivity contribution in [3.63, 3.8) is 0 Å². The molecule has 0 fully saturated rings. The van der Waals surface area contributed by atoms with Crippen molar-refractivity contribution in [2.24, 2.45) is 0 Å². The number of ether oxygens (including phenoxy) is 4. The number of nitrogens with one attached hydrogen (secondary N) is 1. The standard InChI is InChI=1S/C20H24N2O7S/c1-26-15-7-9-17(27-2)16(12-15)21-20(23)5-4-10-22(30(3,24)25)14-6-8-18-19(11-14)29-13-28-18/h6-9,11-12H,4-5,10,13H2,1-3H3,(H,21,23). The molecule has 0 aromatic heterocycles. The summed E-state index contributed by atoms with van der Waals surface area (Å²) in [6.45, 7) is 0.243. The van der Waals surface area contributed by atoms with Gasteiger partial charge in [0.1, 0.15) is 11.5 Å². The quantitative estimate of drug-likeness (QED) is 0.644. The number of sulfonamides is 1. The molecule has 162 valence electrons. The molecule has 1 heterocycles. The molecule has 0 unspecified atom stereocenters. The Balaban J connectivity index is 1.64. The molecule has 1 amide bonds. The number of carbonyl (C=O) groups excluding carboxylic acids is 1. The Morgan fingerprint density at radius 2 is 1.87 bits per heavy atom. The van der Waals surface area contributed by atoms with Crippen LogP contribution in [0.1, 0.15) is 12.8 Å². The average Bonchev–Trinajstić information content (AvgIpc) is 3.18. The molecule has 9 nitrogen and oxygen atoms in total. The zero-order valence-corrected chi connectivity index (χ0v) is 17.8. The zero-order chi connectivity index (χ0) is 21.7. The van der Waals surface area contributed by atoms with E-state index in [9.17, 15) is 13.2 Å². The second-order valence-corrected chi connectivity index (χ2v) is 8.50. The van der Waals surface area contributed by atoms with Gasteiger partial charge < -0.3 is 24.3 Å². The molecule has 0 spiro atoms. The summed E-state index contributed by atoms with van der Waals surface area (Å²) >= 11 is 0. The van der Waals surface area contributed by atoms with Crippen LogP contribution in [0.25, 0.3) is 0 Å². The van der Waals surface area contributed by atoms with E-state index in [1.54, 1.807) is 36.4 Å². The second kappa shape index (κ2) is 9.12. The van der Waals surface area contributed by atoms with Crippen molar-refractivity contribution >= 4 is 27.3 Å². The zero-order valence-electron chi connectivity index (χ0n) is 17.0. The van der Waals surface area contributed by atoms with E-state index in [0.29, 0.717) is 40.8 Å². The van der Waals surface area contributed by atoms with E-state index in [4.69, 9.17) is 18.9 Å². The maximum absolute atomic E-state index is 12.4. The van der Waals surface area contributed by atoms with Gasteiger partial charge in [-0.2, -0.15) is 0 Å². The number of rotatable bonds is 9. The fourth-order valence-electron chi connectivity index (χ4n) is 3.03. The van der Waals surface area contributed by atoms with Crippen molar-refractivity contribution < 1.29 is 32.2 Å². The lowest BCUT2D eigenvalue weighted by Gasteiger charge is -2.22. The Morgan fingerprint density at radius 1 is 1.10 bits per heavy atom. The van der Waals surface area contributed by atoms with Gasteiger partial charge in [-0.15, -0.1) is 0 Å². The molecule has 0 radical (unpaired) electrons. The number of methoxy groups -OCH3 is 2. The van der Waals surface area contributed by atoms with Crippen molar-refractivity contribution in [1.82, 2.24) is 0 Å². The van der Waals surface area contributed by atoms with Crippen LogP contribution in [0.3, 0.4) is 0 Å². The summed E-state index contributed by atoms with van der Waals surface area (Å²) in [6.07, 6.45) is 1.56. The van der Waals surface area contributed by atoms with E-state index in [0.717, 1.165) is 6.26 Å². The SMILES string of the molecule is COc1ccc(OC)c(NC(=O)CCCN(c2ccc3c(c2)OCO3)S(C)(=O)=O)c1. The van der Waals surface area contributed by atoms with Crippen LogP contribution in [0.4, 0.5) is 11.4 Å². The van der Waals surface area contributed by atoms with E-state index in [-0.39, 0.29) is 25.7 Å². The Hall–Kier alpha value is -3.14. The van der Waals surface area contributed by atoms with Crippen LogP contribution < -0.4 is 28.6 Å². The van der Waals surface area contributed by atoms with Crippen LogP contribution in [-0.4, -0.2) is 48.1 Å². The smallest absolute Gasteiger partial charge is 0.232 e. The van der Waals surface area contributed by atoms with Gasteiger partial charge in [-0.1, -0.05) is 0 Å². The summed E-state index contributed by atoms with van der Waals surface area (Å²) in [5.74, 6) is 1.88.